The quantitative estimate of drug-likeness (QED) is 0.538. The van der Waals surface area contributed by atoms with Gasteiger partial charge < -0.3 is 4.74 Å². The second-order valence-corrected chi connectivity index (χ2v) is 1.96. The lowest BCUT2D eigenvalue weighted by Crippen LogP contribution is -2.01. The summed E-state index contributed by atoms with van der Waals surface area (Å²) in [6.07, 6.45) is 1.93. The first-order chi connectivity index (χ1) is 4.43. The smallest absolute Gasteiger partial charge is 0.209 e. The van der Waals surface area contributed by atoms with E-state index in [9.17, 15) is 0 Å². The third kappa shape index (κ3) is 1.91. The van der Waals surface area contributed by atoms with Crippen molar-refractivity contribution in [2.24, 2.45) is 5.10 Å². The summed E-state index contributed by atoms with van der Waals surface area (Å²) in [6, 6.07) is 0. The van der Waals surface area contributed by atoms with Crippen LogP contribution in [0.4, 0.5) is 0 Å². The first-order valence-corrected chi connectivity index (χ1v) is 3.29. The summed E-state index contributed by atoms with van der Waals surface area (Å²) in [5.74, 6) is 0.803. The highest BCUT2D eigenvalue weighted by atomic mass is 16.5. The average molecular weight is 127 g/mol. The second-order valence-electron chi connectivity index (χ2n) is 1.96. The molecule has 0 unspecified atom stereocenters. The summed E-state index contributed by atoms with van der Waals surface area (Å²) in [6.45, 7) is 3.65. The Balaban J connectivity index is 2.11. The summed E-state index contributed by atoms with van der Waals surface area (Å²) in [5.41, 5.74) is 3.78. The molecule has 0 bridgehead atoms. The van der Waals surface area contributed by atoms with Gasteiger partial charge in [0.25, 0.3) is 0 Å². The molecule has 9 heavy (non-hydrogen) atoms. The van der Waals surface area contributed by atoms with Gasteiger partial charge in [0, 0.05) is 6.42 Å². The molecule has 0 atom stereocenters. The van der Waals surface area contributed by atoms with E-state index in [-0.39, 0.29) is 0 Å². The highest BCUT2D eigenvalue weighted by molar-refractivity contribution is 5.77. The Morgan fingerprint density at radius 1 is 1.67 bits per heavy atom. The monoisotopic (exact) mass is 127 g/mol. The van der Waals surface area contributed by atoms with E-state index >= 15 is 0 Å². The van der Waals surface area contributed by atoms with E-state index in [0.29, 0.717) is 0 Å². The third-order valence-electron chi connectivity index (χ3n) is 1.08. The van der Waals surface area contributed by atoms with Crippen molar-refractivity contribution in [1.82, 2.24) is 5.43 Å². The molecule has 0 aliphatic carbocycles. The summed E-state index contributed by atoms with van der Waals surface area (Å²) in [4.78, 5) is 0. The molecule has 51 valence electrons. The molecule has 1 radical (unpaired) electrons. The van der Waals surface area contributed by atoms with E-state index in [1.54, 1.807) is 0 Å². The summed E-state index contributed by atoms with van der Waals surface area (Å²) in [5, 5.41) is 3.79. The van der Waals surface area contributed by atoms with Crippen LogP contribution in [0.15, 0.2) is 5.10 Å². The third-order valence-corrected chi connectivity index (χ3v) is 1.08. The summed E-state index contributed by atoms with van der Waals surface area (Å²) >= 11 is 0. The molecule has 0 aromatic rings. The Kier molecular flexibility index (Phi) is 2.36. The highest BCUT2D eigenvalue weighted by Crippen LogP contribution is 1.96. The van der Waals surface area contributed by atoms with Crippen LogP contribution in [0.1, 0.15) is 19.8 Å². The predicted molar refractivity (Wildman–Crippen MR) is 35.3 cm³/mol. The molecule has 0 saturated heterocycles. The van der Waals surface area contributed by atoms with Crippen molar-refractivity contribution in [3.63, 3.8) is 0 Å². The molecule has 0 aromatic carbocycles. The molecular weight excluding hydrogens is 116 g/mol. The Morgan fingerprint density at radius 3 is 3.11 bits per heavy atom. The zero-order chi connectivity index (χ0) is 6.53. The molecule has 1 heterocycles. The lowest BCUT2D eigenvalue weighted by atomic mass is 10.4. The lowest BCUT2D eigenvalue weighted by molar-refractivity contribution is 0.299. The number of hydrogen-bond acceptors (Lipinski definition) is 2. The van der Waals surface area contributed by atoms with Gasteiger partial charge in [-0.2, -0.15) is 5.43 Å². The summed E-state index contributed by atoms with van der Waals surface area (Å²) < 4.78 is 5.21. The molecule has 0 fully saturated rings. The van der Waals surface area contributed by atoms with E-state index in [4.69, 9.17) is 4.74 Å². The fourth-order valence-electron chi connectivity index (χ4n) is 0.645. The van der Waals surface area contributed by atoms with Crippen molar-refractivity contribution >= 4 is 5.90 Å². The van der Waals surface area contributed by atoms with Crippen LogP contribution in [0, 0.1) is 0 Å². The SMILES string of the molecule is CCCOC1=N[N]CC1. The van der Waals surface area contributed by atoms with Crippen molar-refractivity contribution in [2.45, 2.75) is 19.8 Å². The minimum absolute atomic E-state index is 0.772. The normalized spacial score (nSPS) is 16.8. The predicted octanol–water partition coefficient (Wildman–Crippen LogP) is 0.735. The second kappa shape index (κ2) is 3.33. The molecule has 0 spiro atoms. The van der Waals surface area contributed by atoms with Crippen molar-refractivity contribution in [1.29, 1.82) is 0 Å². The van der Waals surface area contributed by atoms with Gasteiger partial charge >= 0.3 is 0 Å². The van der Waals surface area contributed by atoms with Gasteiger partial charge in [-0.25, -0.2) is 0 Å². The summed E-state index contributed by atoms with van der Waals surface area (Å²) in [7, 11) is 0. The van der Waals surface area contributed by atoms with Gasteiger partial charge in [-0.3, -0.25) is 0 Å². The topological polar surface area (TPSA) is 35.7 Å². The van der Waals surface area contributed by atoms with Crippen LogP contribution in [-0.4, -0.2) is 19.0 Å². The maximum atomic E-state index is 5.21. The van der Waals surface area contributed by atoms with Crippen LogP contribution in [0.5, 0.6) is 0 Å². The molecule has 0 amide bonds. The van der Waals surface area contributed by atoms with Crippen molar-refractivity contribution in [2.75, 3.05) is 13.2 Å². The van der Waals surface area contributed by atoms with E-state index in [0.717, 1.165) is 31.9 Å². The maximum Gasteiger partial charge on any atom is 0.209 e. The molecule has 1 aliphatic heterocycles. The Bertz CT molecular complexity index is 112. The Hall–Kier alpha value is -0.730. The zero-order valence-electron chi connectivity index (χ0n) is 5.63. The molecule has 3 nitrogen and oxygen atoms in total. The first kappa shape index (κ1) is 6.39. The number of hydrogen-bond donors (Lipinski definition) is 0. The van der Waals surface area contributed by atoms with Gasteiger partial charge in [-0.15, -0.1) is 5.10 Å². The fourth-order valence-corrected chi connectivity index (χ4v) is 0.645. The van der Waals surface area contributed by atoms with Crippen LogP contribution >= 0.6 is 0 Å². The minimum Gasteiger partial charge on any atom is -0.480 e. The van der Waals surface area contributed by atoms with E-state index in [1.165, 1.54) is 0 Å². The van der Waals surface area contributed by atoms with Gasteiger partial charge in [-0.05, 0) is 6.42 Å². The number of nitrogens with zero attached hydrogens (tertiary/aromatic N) is 2. The number of ether oxygens (including phenoxy) is 1. The van der Waals surface area contributed by atoms with Crippen molar-refractivity contribution in [3.8, 4) is 0 Å². The molecule has 3 heteroatoms. The first-order valence-electron chi connectivity index (χ1n) is 3.29. The van der Waals surface area contributed by atoms with E-state index in [2.05, 4.69) is 17.5 Å². The largest absolute Gasteiger partial charge is 0.480 e. The molecule has 0 N–H and O–H groups in total. The van der Waals surface area contributed by atoms with E-state index in [1.807, 2.05) is 0 Å². The highest BCUT2D eigenvalue weighted by Gasteiger charge is 2.06. The minimum atomic E-state index is 0.772. The molecule has 0 saturated carbocycles. The Labute approximate surface area is 55.1 Å². The van der Waals surface area contributed by atoms with Crippen molar-refractivity contribution < 1.29 is 4.74 Å². The van der Waals surface area contributed by atoms with Gasteiger partial charge in [0.05, 0.1) is 13.2 Å². The maximum absolute atomic E-state index is 5.21. The van der Waals surface area contributed by atoms with E-state index < -0.39 is 0 Å². The molecular formula is C6H11N2O. The van der Waals surface area contributed by atoms with Gasteiger partial charge in [0.15, 0.2) is 0 Å². The van der Waals surface area contributed by atoms with Gasteiger partial charge in [-0.1, -0.05) is 6.92 Å². The fraction of sp³-hybridized carbons (Fsp3) is 0.833. The lowest BCUT2D eigenvalue weighted by Gasteiger charge is -1.99. The average Bonchev–Trinajstić information content (AvgIpc) is 2.34. The molecule has 1 rings (SSSR count). The van der Waals surface area contributed by atoms with Crippen LogP contribution in [0.3, 0.4) is 0 Å². The Morgan fingerprint density at radius 2 is 2.56 bits per heavy atom. The standard InChI is InChI=1S/C6H11N2O/c1-2-5-9-6-3-4-7-8-6/h2-5H2,1H3. The molecule has 0 aromatic heterocycles. The van der Waals surface area contributed by atoms with Crippen LogP contribution in [0.2, 0.25) is 0 Å². The van der Waals surface area contributed by atoms with Gasteiger partial charge in [0.1, 0.15) is 0 Å². The number of rotatable bonds is 2. The van der Waals surface area contributed by atoms with Crippen LogP contribution in [0.25, 0.3) is 0 Å². The van der Waals surface area contributed by atoms with Gasteiger partial charge in [0.2, 0.25) is 5.90 Å². The van der Waals surface area contributed by atoms with Crippen molar-refractivity contribution in [3.05, 3.63) is 0 Å². The van der Waals surface area contributed by atoms with Crippen LogP contribution < -0.4 is 5.43 Å². The zero-order valence-corrected chi connectivity index (χ0v) is 5.63. The molecule has 1 aliphatic rings. The van der Waals surface area contributed by atoms with Crippen LogP contribution in [-0.2, 0) is 4.74 Å².